The number of carbonyl (C=O) groups excluding carboxylic acids is 1. The molecule has 3 rings (SSSR count). The number of hydrogen-bond donors (Lipinski definition) is 1. The summed E-state index contributed by atoms with van der Waals surface area (Å²) in [7, 11) is 2.08. The molecule has 118 valence electrons. The molecule has 1 amide bonds. The molecular weight excluding hydrogens is 309 g/mol. The van der Waals surface area contributed by atoms with Crippen LogP contribution >= 0.6 is 24.8 Å². The van der Waals surface area contributed by atoms with Gasteiger partial charge in [-0.2, -0.15) is 0 Å². The molecule has 2 N–H and O–H groups in total. The largest absolute Gasteiger partial charge is 0.371 e. The summed E-state index contributed by atoms with van der Waals surface area (Å²) in [4.78, 5) is 16.8. The van der Waals surface area contributed by atoms with Gasteiger partial charge in [0, 0.05) is 32.1 Å². The van der Waals surface area contributed by atoms with Crippen LogP contribution in [-0.4, -0.2) is 32.1 Å². The molecule has 0 radical (unpaired) electrons. The maximum atomic E-state index is 12.7. The third kappa shape index (κ3) is 3.44. The predicted molar refractivity (Wildman–Crippen MR) is 91.9 cm³/mol. The smallest absolute Gasteiger partial charge is 0.230 e. The molecule has 6 heteroatoms. The summed E-state index contributed by atoms with van der Waals surface area (Å²) >= 11 is 0. The van der Waals surface area contributed by atoms with Gasteiger partial charge in [0.2, 0.25) is 5.91 Å². The van der Waals surface area contributed by atoms with E-state index in [0.29, 0.717) is 0 Å². The number of halogens is 2. The molecule has 1 saturated carbocycles. The number of fused-ring (bicyclic) bond motifs is 1. The van der Waals surface area contributed by atoms with Crippen molar-refractivity contribution in [3.05, 3.63) is 24.3 Å². The Morgan fingerprint density at radius 3 is 2.43 bits per heavy atom. The number of hydrogen-bond acceptors (Lipinski definition) is 3. The third-order valence-corrected chi connectivity index (χ3v) is 4.33. The lowest BCUT2D eigenvalue weighted by molar-refractivity contribution is -0.122. The fourth-order valence-corrected chi connectivity index (χ4v) is 3.20. The number of likely N-dealkylation sites (N-methyl/N-ethyl adjacent to an activating group) is 1. The molecule has 4 nitrogen and oxygen atoms in total. The second-order valence-electron chi connectivity index (χ2n) is 5.67. The van der Waals surface area contributed by atoms with E-state index in [1.807, 2.05) is 23.1 Å². The molecule has 1 aromatic carbocycles. The first-order valence-electron chi connectivity index (χ1n) is 7.04. The van der Waals surface area contributed by atoms with E-state index < -0.39 is 0 Å². The number of benzene rings is 1. The minimum absolute atomic E-state index is 0. The highest BCUT2D eigenvalue weighted by Crippen LogP contribution is 2.35. The van der Waals surface area contributed by atoms with Crippen LogP contribution in [0.15, 0.2) is 24.3 Å². The third-order valence-electron chi connectivity index (χ3n) is 4.33. The minimum atomic E-state index is 0. The highest BCUT2D eigenvalue weighted by atomic mass is 35.5. The predicted octanol–water partition coefficient (Wildman–Crippen LogP) is 2.44. The number of para-hydroxylation sites is 2. The summed E-state index contributed by atoms with van der Waals surface area (Å²) in [5.74, 6) is 0.375. The zero-order valence-corrected chi connectivity index (χ0v) is 13.8. The van der Waals surface area contributed by atoms with Crippen molar-refractivity contribution in [3.8, 4) is 0 Å². The van der Waals surface area contributed by atoms with E-state index in [0.717, 1.165) is 43.7 Å². The molecule has 0 spiro atoms. The second-order valence-corrected chi connectivity index (χ2v) is 5.67. The van der Waals surface area contributed by atoms with E-state index >= 15 is 0 Å². The summed E-state index contributed by atoms with van der Waals surface area (Å²) in [6, 6.07) is 8.34. The molecule has 0 aromatic heterocycles. The van der Waals surface area contributed by atoms with Crippen molar-refractivity contribution in [2.75, 3.05) is 29.9 Å². The number of amides is 1. The Kier molecular flexibility index (Phi) is 6.32. The molecule has 1 aromatic rings. The van der Waals surface area contributed by atoms with Crippen LogP contribution in [0.3, 0.4) is 0 Å². The van der Waals surface area contributed by atoms with Crippen molar-refractivity contribution in [1.82, 2.24) is 0 Å². The van der Waals surface area contributed by atoms with Crippen LogP contribution in [0.5, 0.6) is 0 Å². The quantitative estimate of drug-likeness (QED) is 0.859. The van der Waals surface area contributed by atoms with Crippen LogP contribution in [0.4, 0.5) is 11.4 Å². The number of rotatable bonds is 1. The standard InChI is InChI=1S/C15H21N3O.2ClH/c1-17-8-9-18(14-5-3-2-4-13(14)17)15(19)11-6-7-12(16)10-11;;/h2-5,11-12H,6-10,16H2,1H3;2*1H. The summed E-state index contributed by atoms with van der Waals surface area (Å²) in [6.45, 7) is 1.67. The molecular formula is C15H23Cl2N3O. The Morgan fingerprint density at radius 1 is 1.14 bits per heavy atom. The van der Waals surface area contributed by atoms with E-state index in [1.165, 1.54) is 0 Å². The van der Waals surface area contributed by atoms with Crippen LogP contribution < -0.4 is 15.5 Å². The lowest BCUT2D eigenvalue weighted by atomic mass is 10.0. The Hall–Kier alpha value is -0.970. The van der Waals surface area contributed by atoms with Crippen molar-refractivity contribution in [2.45, 2.75) is 25.3 Å². The van der Waals surface area contributed by atoms with Gasteiger partial charge in [-0.3, -0.25) is 4.79 Å². The number of anilines is 2. The maximum Gasteiger partial charge on any atom is 0.230 e. The average Bonchev–Trinajstić information content (AvgIpc) is 2.86. The van der Waals surface area contributed by atoms with E-state index in [-0.39, 0.29) is 42.7 Å². The number of carbonyl (C=O) groups is 1. The fourth-order valence-electron chi connectivity index (χ4n) is 3.20. The number of nitrogens with two attached hydrogens (primary N) is 1. The summed E-state index contributed by atoms with van der Waals surface area (Å²) < 4.78 is 0. The fraction of sp³-hybridized carbons (Fsp3) is 0.533. The highest BCUT2D eigenvalue weighted by Gasteiger charge is 2.33. The van der Waals surface area contributed by atoms with Crippen molar-refractivity contribution >= 4 is 42.1 Å². The lowest BCUT2D eigenvalue weighted by Gasteiger charge is -2.36. The molecule has 0 bridgehead atoms. The van der Waals surface area contributed by atoms with Crippen LogP contribution in [0.2, 0.25) is 0 Å². The molecule has 1 aliphatic heterocycles. The minimum Gasteiger partial charge on any atom is -0.371 e. The van der Waals surface area contributed by atoms with Gasteiger partial charge in [0.15, 0.2) is 0 Å². The first-order valence-corrected chi connectivity index (χ1v) is 7.04. The zero-order valence-electron chi connectivity index (χ0n) is 12.2. The average molecular weight is 332 g/mol. The topological polar surface area (TPSA) is 49.6 Å². The molecule has 1 heterocycles. The van der Waals surface area contributed by atoms with Crippen LogP contribution in [0.25, 0.3) is 0 Å². The van der Waals surface area contributed by atoms with Gasteiger partial charge >= 0.3 is 0 Å². The van der Waals surface area contributed by atoms with Gasteiger partial charge in [0.05, 0.1) is 11.4 Å². The Morgan fingerprint density at radius 2 is 1.81 bits per heavy atom. The summed E-state index contributed by atoms with van der Waals surface area (Å²) in [6.07, 6.45) is 2.76. The van der Waals surface area contributed by atoms with Gasteiger partial charge in [-0.15, -0.1) is 24.8 Å². The van der Waals surface area contributed by atoms with E-state index in [9.17, 15) is 4.79 Å². The van der Waals surface area contributed by atoms with Gasteiger partial charge in [-0.1, -0.05) is 12.1 Å². The molecule has 2 aliphatic rings. The molecule has 21 heavy (non-hydrogen) atoms. The molecule has 1 fully saturated rings. The molecule has 1 aliphatic carbocycles. The lowest BCUT2D eigenvalue weighted by Crippen LogP contribution is -2.45. The molecule has 2 unspecified atom stereocenters. The van der Waals surface area contributed by atoms with E-state index in [1.54, 1.807) is 0 Å². The maximum absolute atomic E-state index is 12.7. The Labute approximate surface area is 138 Å². The van der Waals surface area contributed by atoms with Crippen LogP contribution in [0.1, 0.15) is 19.3 Å². The Balaban J connectivity index is 0.00000110. The van der Waals surface area contributed by atoms with Crippen LogP contribution in [-0.2, 0) is 4.79 Å². The van der Waals surface area contributed by atoms with Gasteiger partial charge in [-0.05, 0) is 31.4 Å². The molecule has 2 atom stereocenters. The normalized spacial score (nSPS) is 23.9. The monoisotopic (exact) mass is 331 g/mol. The van der Waals surface area contributed by atoms with Gasteiger partial charge in [-0.25, -0.2) is 0 Å². The van der Waals surface area contributed by atoms with Gasteiger partial charge < -0.3 is 15.5 Å². The summed E-state index contributed by atoms with van der Waals surface area (Å²) in [5, 5.41) is 0. The highest BCUT2D eigenvalue weighted by molar-refractivity contribution is 5.99. The van der Waals surface area contributed by atoms with Crippen molar-refractivity contribution in [2.24, 2.45) is 11.7 Å². The first kappa shape index (κ1) is 18.1. The van der Waals surface area contributed by atoms with Crippen molar-refractivity contribution in [1.29, 1.82) is 0 Å². The van der Waals surface area contributed by atoms with E-state index in [4.69, 9.17) is 5.73 Å². The second kappa shape index (κ2) is 7.34. The molecule has 0 saturated heterocycles. The number of nitrogens with zero attached hydrogens (tertiary/aromatic N) is 2. The van der Waals surface area contributed by atoms with E-state index in [2.05, 4.69) is 18.0 Å². The van der Waals surface area contributed by atoms with Crippen molar-refractivity contribution < 1.29 is 4.79 Å². The SMILES string of the molecule is CN1CCN(C(=O)C2CCC(N)C2)c2ccccc21.Cl.Cl. The van der Waals surface area contributed by atoms with Gasteiger partial charge in [0.1, 0.15) is 0 Å². The van der Waals surface area contributed by atoms with Gasteiger partial charge in [0.25, 0.3) is 0 Å². The zero-order chi connectivity index (χ0) is 13.4. The van der Waals surface area contributed by atoms with Crippen LogP contribution in [0, 0.1) is 5.92 Å². The van der Waals surface area contributed by atoms with Crippen molar-refractivity contribution in [3.63, 3.8) is 0 Å². The first-order chi connectivity index (χ1) is 9.16. The Bertz CT molecular complexity index is 498. The summed E-state index contributed by atoms with van der Waals surface area (Å²) in [5.41, 5.74) is 8.12.